The molecular formula is C13H27ClN2. The molecule has 1 saturated heterocycles. The van der Waals surface area contributed by atoms with Crippen molar-refractivity contribution in [3.63, 3.8) is 0 Å². The van der Waals surface area contributed by atoms with Crippen LogP contribution in [0.3, 0.4) is 0 Å². The Labute approximate surface area is 106 Å². The van der Waals surface area contributed by atoms with Gasteiger partial charge in [-0.2, -0.15) is 0 Å². The topological polar surface area (TPSA) is 29.3 Å². The molecule has 2 aliphatic rings. The molecule has 2 fully saturated rings. The predicted molar refractivity (Wildman–Crippen MR) is 72.0 cm³/mol. The minimum Gasteiger partial charge on any atom is -0.330 e. The van der Waals surface area contributed by atoms with E-state index in [9.17, 15) is 0 Å². The van der Waals surface area contributed by atoms with Crippen LogP contribution in [0.15, 0.2) is 0 Å². The minimum atomic E-state index is 0. The Balaban J connectivity index is 0.00000128. The molecule has 0 aromatic heterocycles. The highest BCUT2D eigenvalue weighted by Crippen LogP contribution is 2.26. The number of hydrogen-bond donors (Lipinski definition) is 1. The molecule has 3 heteroatoms. The third-order valence-electron chi connectivity index (χ3n) is 4.28. The molecule has 0 spiro atoms. The van der Waals surface area contributed by atoms with Gasteiger partial charge in [0.05, 0.1) is 0 Å². The number of rotatable bonds is 3. The van der Waals surface area contributed by atoms with Crippen LogP contribution in [-0.2, 0) is 0 Å². The Morgan fingerprint density at radius 1 is 0.875 bits per heavy atom. The van der Waals surface area contributed by atoms with Crippen molar-refractivity contribution in [2.45, 2.75) is 44.9 Å². The van der Waals surface area contributed by atoms with Crippen molar-refractivity contribution in [3.05, 3.63) is 0 Å². The number of hydrogen-bond acceptors (Lipinski definition) is 2. The summed E-state index contributed by atoms with van der Waals surface area (Å²) in [5.74, 6) is 1.82. The second kappa shape index (κ2) is 7.52. The summed E-state index contributed by atoms with van der Waals surface area (Å²) >= 11 is 0. The molecule has 0 aromatic rings. The highest BCUT2D eigenvalue weighted by atomic mass is 35.5. The fourth-order valence-electron chi connectivity index (χ4n) is 3.14. The lowest BCUT2D eigenvalue weighted by atomic mass is 9.88. The number of nitrogens with two attached hydrogens (primary N) is 1. The van der Waals surface area contributed by atoms with E-state index in [0.717, 1.165) is 18.4 Å². The van der Waals surface area contributed by atoms with Crippen LogP contribution in [0.5, 0.6) is 0 Å². The molecule has 1 aliphatic carbocycles. The molecule has 16 heavy (non-hydrogen) atoms. The molecule has 1 saturated carbocycles. The molecule has 0 atom stereocenters. The van der Waals surface area contributed by atoms with Gasteiger partial charge in [0.1, 0.15) is 0 Å². The third kappa shape index (κ3) is 4.23. The second-order valence-corrected chi connectivity index (χ2v) is 5.48. The van der Waals surface area contributed by atoms with Gasteiger partial charge in [0.15, 0.2) is 0 Å². The van der Waals surface area contributed by atoms with Crippen LogP contribution in [-0.4, -0.2) is 31.1 Å². The molecule has 2 rings (SSSR count). The summed E-state index contributed by atoms with van der Waals surface area (Å²) in [5, 5.41) is 0. The molecule has 2 nitrogen and oxygen atoms in total. The standard InChI is InChI=1S/C13H26N2.ClH/c14-10-12-6-8-15(9-7-12)11-13-4-2-1-3-5-13;/h12-13H,1-11,14H2;1H. The molecule has 1 aliphatic heterocycles. The SMILES string of the molecule is Cl.NCC1CCN(CC2CCCCC2)CC1. The van der Waals surface area contributed by atoms with Gasteiger partial charge < -0.3 is 10.6 Å². The second-order valence-electron chi connectivity index (χ2n) is 5.48. The van der Waals surface area contributed by atoms with Gasteiger partial charge in [-0.25, -0.2) is 0 Å². The summed E-state index contributed by atoms with van der Waals surface area (Å²) < 4.78 is 0. The van der Waals surface area contributed by atoms with Crippen LogP contribution >= 0.6 is 12.4 Å². The predicted octanol–water partition coefficient (Wildman–Crippen LogP) is 2.66. The van der Waals surface area contributed by atoms with Crippen LogP contribution in [0.25, 0.3) is 0 Å². The van der Waals surface area contributed by atoms with E-state index in [1.165, 1.54) is 64.6 Å². The summed E-state index contributed by atoms with van der Waals surface area (Å²) in [5.41, 5.74) is 5.71. The van der Waals surface area contributed by atoms with E-state index in [1.807, 2.05) is 0 Å². The molecule has 0 amide bonds. The number of halogens is 1. The summed E-state index contributed by atoms with van der Waals surface area (Å²) in [4.78, 5) is 2.68. The average molecular weight is 247 g/mol. The zero-order chi connectivity index (χ0) is 10.5. The number of nitrogens with zero attached hydrogens (tertiary/aromatic N) is 1. The van der Waals surface area contributed by atoms with Crippen LogP contribution in [0, 0.1) is 11.8 Å². The van der Waals surface area contributed by atoms with Crippen LogP contribution in [0.4, 0.5) is 0 Å². The third-order valence-corrected chi connectivity index (χ3v) is 4.28. The molecule has 0 unspecified atom stereocenters. The van der Waals surface area contributed by atoms with E-state index in [0.29, 0.717) is 0 Å². The first-order valence-corrected chi connectivity index (χ1v) is 6.81. The van der Waals surface area contributed by atoms with Gasteiger partial charge in [-0.1, -0.05) is 19.3 Å². The summed E-state index contributed by atoms with van der Waals surface area (Å²) in [6.45, 7) is 4.88. The van der Waals surface area contributed by atoms with E-state index >= 15 is 0 Å². The summed E-state index contributed by atoms with van der Waals surface area (Å²) in [7, 11) is 0. The molecule has 1 heterocycles. The lowest BCUT2D eigenvalue weighted by molar-refractivity contribution is 0.148. The highest BCUT2D eigenvalue weighted by molar-refractivity contribution is 5.85. The highest BCUT2D eigenvalue weighted by Gasteiger charge is 2.21. The van der Waals surface area contributed by atoms with Crippen molar-refractivity contribution in [3.8, 4) is 0 Å². The van der Waals surface area contributed by atoms with Gasteiger partial charge in [-0.3, -0.25) is 0 Å². The molecule has 0 bridgehead atoms. The molecule has 0 aromatic carbocycles. The van der Waals surface area contributed by atoms with Crippen molar-refractivity contribution in [1.82, 2.24) is 4.90 Å². The smallest absolute Gasteiger partial charge is 0.000966 e. The van der Waals surface area contributed by atoms with Crippen LogP contribution in [0.1, 0.15) is 44.9 Å². The number of piperidine rings is 1. The Hall–Kier alpha value is 0.210. The van der Waals surface area contributed by atoms with Gasteiger partial charge in [-0.05, 0) is 57.2 Å². The normalized spacial score (nSPS) is 25.3. The Kier molecular flexibility index (Phi) is 6.71. The summed E-state index contributed by atoms with van der Waals surface area (Å²) in [6.07, 6.45) is 10.1. The fraction of sp³-hybridized carbons (Fsp3) is 1.00. The Morgan fingerprint density at radius 2 is 1.50 bits per heavy atom. The van der Waals surface area contributed by atoms with E-state index in [-0.39, 0.29) is 12.4 Å². The van der Waals surface area contributed by atoms with Crippen molar-refractivity contribution < 1.29 is 0 Å². The van der Waals surface area contributed by atoms with E-state index in [4.69, 9.17) is 5.73 Å². The zero-order valence-electron chi connectivity index (χ0n) is 10.4. The first-order valence-electron chi connectivity index (χ1n) is 6.81. The number of likely N-dealkylation sites (tertiary alicyclic amines) is 1. The van der Waals surface area contributed by atoms with Crippen molar-refractivity contribution >= 4 is 12.4 Å². The van der Waals surface area contributed by atoms with Crippen LogP contribution < -0.4 is 5.73 Å². The van der Waals surface area contributed by atoms with E-state index in [1.54, 1.807) is 0 Å². The molecule has 96 valence electrons. The van der Waals surface area contributed by atoms with Crippen molar-refractivity contribution in [1.29, 1.82) is 0 Å². The van der Waals surface area contributed by atoms with Crippen LogP contribution in [0.2, 0.25) is 0 Å². The van der Waals surface area contributed by atoms with Gasteiger partial charge >= 0.3 is 0 Å². The van der Waals surface area contributed by atoms with Gasteiger partial charge in [0.25, 0.3) is 0 Å². The van der Waals surface area contributed by atoms with Gasteiger partial charge in [-0.15, -0.1) is 12.4 Å². The van der Waals surface area contributed by atoms with E-state index < -0.39 is 0 Å². The quantitative estimate of drug-likeness (QED) is 0.830. The Bertz CT molecular complexity index is 173. The molecular weight excluding hydrogens is 220 g/mol. The first kappa shape index (κ1) is 14.3. The lowest BCUT2D eigenvalue weighted by Crippen LogP contribution is -2.39. The van der Waals surface area contributed by atoms with Crippen molar-refractivity contribution in [2.75, 3.05) is 26.2 Å². The van der Waals surface area contributed by atoms with Gasteiger partial charge in [0, 0.05) is 6.54 Å². The molecule has 2 N–H and O–H groups in total. The monoisotopic (exact) mass is 246 g/mol. The zero-order valence-corrected chi connectivity index (χ0v) is 11.2. The van der Waals surface area contributed by atoms with Crippen molar-refractivity contribution in [2.24, 2.45) is 17.6 Å². The van der Waals surface area contributed by atoms with E-state index in [2.05, 4.69) is 4.90 Å². The first-order chi connectivity index (χ1) is 7.38. The molecule has 0 radical (unpaired) electrons. The maximum atomic E-state index is 5.71. The lowest BCUT2D eigenvalue weighted by Gasteiger charge is -2.35. The van der Waals surface area contributed by atoms with Gasteiger partial charge in [0.2, 0.25) is 0 Å². The maximum Gasteiger partial charge on any atom is 0.000966 e. The maximum absolute atomic E-state index is 5.71. The largest absolute Gasteiger partial charge is 0.330 e. The summed E-state index contributed by atoms with van der Waals surface area (Å²) in [6, 6.07) is 0. The minimum absolute atomic E-state index is 0. The average Bonchev–Trinajstić information content (AvgIpc) is 2.31. The Morgan fingerprint density at radius 3 is 2.06 bits per heavy atom. The fourth-order valence-corrected chi connectivity index (χ4v) is 3.14.